The van der Waals surface area contributed by atoms with E-state index in [9.17, 15) is 29.4 Å². The smallest absolute Gasteiger partial charge is 0.331 e. The van der Waals surface area contributed by atoms with Crippen LogP contribution in [0.2, 0.25) is 0 Å². The second kappa shape index (κ2) is 32.3. The van der Waals surface area contributed by atoms with Crippen molar-refractivity contribution < 1.29 is 72.0 Å². The van der Waals surface area contributed by atoms with Gasteiger partial charge in [-0.3, -0.25) is 9.59 Å². The Labute approximate surface area is 418 Å². The number of cyclic esters (lactones) is 1. The number of rotatable bonds is 19. The van der Waals surface area contributed by atoms with Gasteiger partial charge in [0, 0.05) is 130 Å². The minimum Gasteiger partial charge on any atom is -0.458 e. The number of carbonyl (C=O) groups excluding carboxylic acids is 4. The van der Waals surface area contributed by atoms with Gasteiger partial charge in [0.1, 0.15) is 30.2 Å². The topological polar surface area (TPSA) is 195 Å². The van der Waals surface area contributed by atoms with E-state index in [1.54, 1.807) is 67.0 Å². The van der Waals surface area contributed by atoms with Crippen LogP contribution in [0.5, 0.6) is 0 Å². The molecule has 16 nitrogen and oxygen atoms in total. The van der Waals surface area contributed by atoms with Crippen molar-refractivity contribution in [3.63, 3.8) is 0 Å². The zero-order valence-electron chi connectivity index (χ0n) is 44.6. The largest absolute Gasteiger partial charge is 0.458 e. The maximum absolute atomic E-state index is 13.7. The van der Waals surface area contributed by atoms with Gasteiger partial charge < -0.3 is 57.7 Å². The summed E-state index contributed by atoms with van der Waals surface area (Å²) in [6, 6.07) is 0. The van der Waals surface area contributed by atoms with Crippen LogP contribution in [0.15, 0.2) is 72.0 Å². The quantitative estimate of drug-likeness (QED) is 0.0805. The highest BCUT2D eigenvalue weighted by molar-refractivity contribution is 5.84. The molecule has 0 saturated carbocycles. The number of ketones is 1. The van der Waals surface area contributed by atoms with E-state index < -0.39 is 84.8 Å². The molecule has 0 saturated heterocycles. The molecule has 17 atom stereocenters. The molecule has 398 valence electrons. The third-order valence-corrected chi connectivity index (χ3v) is 14.1. The highest BCUT2D eigenvalue weighted by atomic mass is 16.6. The maximum Gasteiger partial charge on any atom is 0.331 e. The molecule has 2 rings (SSSR count). The molecular weight excluding hydrogens is 903 g/mol. The van der Waals surface area contributed by atoms with Crippen LogP contribution in [0, 0.1) is 35.5 Å². The van der Waals surface area contributed by atoms with Gasteiger partial charge in [0.25, 0.3) is 0 Å². The number of aliphatic hydroxyl groups excluding tert-OH is 2. The molecule has 2 N–H and O–H groups in total. The predicted molar refractivity (Wildman–Crippen MR) is 267 cm³/mol. The summed E-state index contributed by atoms with van der Waals surface area (Å²) in [7, 11) is 12.5. The third-order valence-electron chi connectivity index (χ3n) is 14.1. The first-order valence-corrected chi connectivity index (χ1v) is 24.5. The Kier molecular flexibility index (Phi) is 28.7. The SMILES string of the molecule is CO[C@H]([C@H](C)[C@H]1OC(=O)/C=C/C=C(\C)C[C@@H](OC)[C@@H](OC)C2=CC(=O)O[C@@H]([C@H](C)[C@@H](OC)C[C@H](OC)/C=C/[C@@H](C)[C@@H](O)C[C@H](OC)/C=C/[C@@H]1C)[C@H]2O)[C@@H](C)CCC(=O)[C@H](C)[C@@H](C/C=C/N(C)C=O)OC. The number of methoxy groups -OCH3 is 7. The van der Waals surface area contributed by atoms with Crippen LogP contribution in [-0.2, 0) is 61.8 Å². The molecule has 2 heterocycles. The normalized spacial score (nSPS) is 33.5. The fraction of sp³-hybridized carbons (Fsp3) is 0.704. The molecule has 0 unspecified atom stereocenters. The molecule has 0 radical (unpaired) electrons. The number of nitrogens with zero attached hydrogens (tertiary/aromatic N) is 1. The average Bonchev–Trinajstić information content (AvgIpc) is 3.34. The van der Waals surface area contributed by atoms with Crippen molar-refractivity contribution in [1.29, 1.82) is 0 Å². The molecule has 0 aromatic carbocycles. The van der Waals surface area contributed by atoms with E-state index in [-0.39, 0.29) is 48.4 Å². The molecule has 2 aliphatic heterocycles. The van der Waals surface area contributed by atoms with Gasteiger partial charge in [0.05, 0.1) is 42.7 Å². The molecule has 0 fully saturated rings. The van der Waals surface area contributed by atoms with E-state index in [4.69, 9.17) is 42.6 Å². The van der Waals surface area contributed by atoms with Gasteiger partial charge in [-0.05, 0) is 32.1 Å². The van der Waals surface area contributed by atoms with Crippen molar-refractivity contribution in [1.82, 2.24) is 4.90 Å². The summed E-state index contributed by atoms with van der Waals surface area (Å²) in [5.41, 5.74) is 1.12. The van der Waals surface area contributed by atoms with Crippen molar-refractivity contribution in [3.05, 3.63) is 72.0 Å². The molecule has 0 aliphatic carbocycles. The van der Waals surface area contributed by atoms with Gasteiger partial charge >= 0.3 is 11.9 Å². The Hall–Kier alpha value is -3.84. The fourth-order valence-corrected chi connectivity index (χ4v) is 9.43. The lowest BCUT2D eigenvalue weighted by molar-refractivity contribution is -0.162. The standard InChI is InChI=1S/C54H87NO15/c1-33-18-16-20-48(59)69-52(39(7)51(67-14)35(3)23-26-43(57)37(5)45(64-11)19-17-27-55(8)32-56)36(4)22-25-40(62-9)29-44(58)34(2)21-24-41(63-10)30-46(65-12)38(6)53-50(61)42(31-49(60)70-53)54(68-15)47(28-33)66-13/h16-18,20-22,24-25,27,31-32,34-41,44-47,50-54,58,61H,19,23,26,28-30H2,1-15H3/b20-16+,24-21+,25-22+,27-17+,33-18+/t34-,35+,36+,37+,38-,39+,40-,41-,44+,45-,46+,47-,50+,51+,52+,53+,54+/m1/s1. The Morgan fingerprint density at radius 2 is 1.46 bits per heavy atom. The highest BCUT2D eigenvalue weighted by Crippen LogP contribution is 2.34. The number of carbonyl (C=O) groups is 4. The Bertz CT molecular complexity index is 1780. The molecule has 2 aliphatic rings. The number of hydrogen-bond donors (Lipinski definition) is 2. The van der Waals surface area contributed by atoms with E-state index in [2.05, 4.69) is 0 Å². The lowest BCUT2D eigenvalue weighted by Crippen LogP contribution is -2.50. The van der Waals surface area contributed by atoms with Crippen LogP contribution >= 0.6 is 0 Å². The van der Waals surface area contributed by atoms with Gasteiger partial charge in [-0.15, -0.1) is 0 Å². The summed E-state index contributed by atoms with van der Waals surface area (Å²) in [5, 5.41) is 23.2. The number of Topliss-reactive ketones (excluding diaryl/α,β-unsaturated/α-hetero) is 1. The second-order valence-corrected chi connectivity index (χ2v) is 19.1. The molecule has 2 bridgehead atoms. The molecule has 0 aromatic rings. The number of hydrogen-bond acceptors (Lipinski definition) is 15. The minimum absolute atomic E-state index is 0.0438. The lowest BCUT2D eigenvalue weighted by Gasteiger charge is -2.39. The Morgan fingerprint density at radius 1 is 0.829 bits per heavy atom. The van der Waals surface area contributed by atoms with Crippen molar-refractivity contribution in [3.8, 4) is 0 Å². The van der Waals surface area contributed by atoms with Crippen LogP contribution < -0.4 is 0 Å². The van der Waals surface area contributed by atoms with E-state index in [0.717, 1.165) is 5.57 Å². The number of ether oxygens (including phenoxy) is 9. The van der Waals surface area contributed by atoms with Gasteiger partial charge in [0.15, 0.2) is 0 Å². The monoisotopic (exact) mass is 990 g/mol. The van der Waals surface area contributed by atoms with Crippen LogP contribution in [0.1, 0.15) is 87.0 Å². The highest BCUT2D eigenvalue weighted by Gasteiger charge is 2.43. The van der Waals surface area contributed by atoms with Gasteiger partial charge in [-0.1, -0.05) is 89.6 Å². The molecule has 70 heavy (non-hydrogen) atoms. The molecule has 0 aromatic heterocycles. The van der Waals surface area contributed by atoms with Crippen LogP contribution in [-0.4, -0.2) is 163 Å². The second-order valence-electron chi connectivity index (χ2n) is 19.1. The molecular formula is C54H87NO15. The summed E-state index contributed by atoms with van der Waals surface area (Å²) < 4.78 is 53.1. The lowest BCUT2D eigenvalue weighted by atomic mass is 9.81. The predicted octanol–water partition coefficient (Wildman–Crippen LogP) is 6.53. The zero-order chi connectivity index (χ0) is 52.7. The van der Waals surface area contributed by atoms with Gasteiger partial charge in [0.2, 0.25) is 6.41 Å². The summed E-state index contributed by atoms with van der Waals surface area (Å²) in [5.74, 6) is -3.15. The summed E-state index contributed by atoms with van der Waals surface area (Å²) in [4.78, 5) is 52.7. The third kappa shape index (κ3) is 19.3. The summed E-state index contributed by atoms with van der Waals surface area (Å²) >= 11 is 0. The van der Waals surface area contributed by atoms with Crippen LogP contribution in [0.4, 0.5) is 0 Å². The van der Waals surface area contributed by atoms with Crippen LogP contribution in [0.3, 0.4) is 0 Å². The van der Waals surface area contributed by atoms with Crippen molar-refractivity contribution in [2.45, 2.75) is 154 Å². The number of fused-ring (bicyclic) bond motifs is 2. The zero-order valence-corrected chi connectivity index (χ0v) is 44.6. The van der Waals surface area contributed by atoms with Gasteiger partial charge in [-0.2, -0.15) is 0 Å². The first-order valence-electron chi connectivity index (χ1n) is 24.5. The molecule has 1 amide bonds. The fourth-order valence-electron chi connectivity index (χ4n) is 9.43. The number of amides is 1. The summed E-state index contributed by atoms with van der Waals surface area (Å²) in [6.07, 6.45) is 12.5. The maximum atomic E-state index is 13.7. The van der Waals surface area contributed by atoms with E-state index in [0.29, 0.717) is 37.7 Å². The van der Waals surface area contributed by atoms with Crippen molar-refractivity contribution >= 4 is 24.1 Å². The van der Waals surface area contributed by atoms with E-state index >= 15 is 0 Å². The average molecular weight is 990 g/mol. The number of allylic oxidation sites excluding steroid dienone is 2. The molecule has 16 heteroatoms. The minimum atomic E-state index is -1.24. The summed E-state index contributed by atoms with van der Waals surface area (Å²) in [6.45, 7) is 13.4. The van der Waals surface area contributed by atoms with Gasteiger partial charge in [-0.25, -0.2) is 9.59 Å². The van der Waals surface area contributed by atoms with Crippen molar-refractivity contribution in [2.75, 3.05) is 56.8 Å². The first-order chi connectivity index (χ1) is 33.2. The first kappa shape index (κ1) is 62.3. The Balaban J connectivity index is 2.55. The number of esters is 2. The Morgan fingerprint density at radius 3 is 2.03 bits per heavy atom. The van der Waals surface area contributed by atoms with Crippen molar-refractivity contribution in [2.24, 2.45) is 35.5 Å². The van der Waals surface area contributed by atoms with Crippen LogP contribution in [0.25, 0.3) is 0 Å². The van der Waals surface area contributed by atoms with E-state index in [1.165, 1.54) is 31.3 Å². The number of aliphatic hydroxyl groups is 2. The molecule has 0 spiro atoms. The van der Waals surface area contributed by atoms with E-state index in [1.807, 2.05) is 72.8 Å².